The molecule has 0 aliphatic heterocycles. The van der Waals surface area contributed by atoms with Crippen LogP contribution in [-0.4, -0.2) is 26.6 Å². The fourth-order valence-corrected chi connectivity index (χ4v) is 4.17. The first-order chi connectivity index (χ1) is 13.0. The first-order valence-electron chi connectivity index (χ1n) is 8.44. The van der Waals surface area contributed by atoms with Crippen LogP contribution in [0.15, 0.2) is 42.5 Å². The Morgan fingerprint density at radius 3 is 2.32 bits per heavy atom. The maximum Gasteiger partial charge on any atom is 0.235 e. The predicted octanol–water partition coefficient (Wildman–Crippen LogP) is 3.87. The summed E-state index contributed by atoms with van der Waals surface area (Å²) in [6.07, 6.45) is 0. The highest BCUT2D eigenvalue weighted by atomic mass is 35.5. The van der Waals surface area contributed by atoms with Crippen molar-refractivity contribution in [3.05, 3.63) is 69.2 Å². The van der Waals surface area contributed by atoms with E-state index in [0.717, 1.165) is 5.56 Å². The number of nitrogens with zero attached hydrogens (tertiary/aromatic N) is 1. The fraction of sp³-hybridized carbons (Fsp3) is 0.300. The SMILES string of the molecule is CC(C)(CNC(=O)CS(=O)(=O)Cc1ccc(C#N)cc1)c1ccc(Cl)c(Cl)c1. The number of carbonyl (C=O) groups is 1. The van der Waals surface area contributed by atoms with Crippen LogP contribution in [0.4, 0.5) is 0 Å². The second kappa shape index (κ2) is 8.95. The molecule has 2 aromatic carbocycles. The molecule has 28 heavy (non-hydrogen) atoms. The fourth-order valence-electron chi connectivity index (χ4n) is 2.57. The summed E-state index contributed by atoms with van der Waals surface area (Å²) in [5.74, 6) is -1.44. The van der Waals surface area contributed by atoms with Gasteiger partial charge in [-0.3, -0.25) is 4.79 Å². The van der Waals surface area contributed by atoms with E-state index < -0.39 is 26.9 Å². The summed E-state index contributed by atoms with van der Waals surface area (Å²) in [4.78, 5) is 12.2. The van der Waals surface area contributed by atoms with Gasteiger partial charge < -0.3 is 5.32 Å². The number of hydrogen-bond acceptors (Lipinski definition) is 4. The lowest BCUT2D eigenvalue weighted by Crippen LogP contribution is -2.39. The van der Waals surface area contributed by atoms with Crippen LogP contribution in [0.2, 0.25) is 10.0 Å². The molecule has 0 saturated heterocycles. The molecule has 0 aromatic heterocycles. The van der Waals surface area contributed by atoms with Crippen LogP contribution >= 0.6 is 23.2 Å². The van der Waals surface area contributed by atoms with Gasteiger partial charge in [0.05, 0.1) is 27.4 Å². The number of sulfone groups is 1. The number of amides is 1. The smallest absolute Gasteiger partial charge is 0.235 e. The zero-order chi connectivity index (χ0) is 20.9. The topological polar surface area (TPSA) is 87.0 Å². The van der Waals surface area contributed by atoms with E-state index in [2.05, 4.69) is 5.32 Å². The van der Waals surface area contributed by atoms with Gasteiger partial charge >= 0.3 is 0 Å². The molecule has 2 rings (SSSR count). The Morgan fingerprint density at radius 2 is 1.75 bits per heavy atom. The van der Waals surface area contributed by atoms with Crippen molar-refractivity contribution in [3.8, 4) is 6.07 Å². The van der Waals surface area contributed by atoms with Crippen LogP contribution in [0.3, 0.4) is 0 Å². The third kappa shape index (κ3) is 6.23. The van der Waals surface area contributed by atoms with E-state index in [4.69, 9.17) is 28.5 Å². The highest BCUT2D eigenvalue weighted by Gasteiger charge is 2.24. The standard InChI is InChI=1S/C20H20Cl2N2O3S/c1-20(2,16-7-8-17(21)18(22)9-16)13-24-19(25)12-28(26,27)11-15-5-3-14(10-23)4-6-15/h3-9H,11-13H2,1-2H3,(H,24,25). The first kappa shape index (κ1) is 22.2. The highest BCUT2D eigenvalue weighted by Crippen LogP contribution is 2.29. The molecular formula is C20H20Cl2N2O3S. The molecule has 0 aliphatic rings. The van der Waals surface area contributed by atoms with Crippen LogP contribution in [-0.2, 0) is 25.8 Å². The second-order valence-corrected chi connectivity index (χ2v) is 10.0. The van der Waals surface area contributed by atoms with Gasteiger partial charge in [-0.05, 0) is 35.4 Å². The van der Waals surface area contributed by atoms with Crippen molar-refractivity contribution in [3.63, 3.8) is 0 Å². The van der Waals surface area contributed by atoms with Gasteiger partial charge in [0.25, 0.3) is 0 Å². The minimum absolute atomic E-state index is 0.246. The molecule has 0 radical (unpaired) electrons. The molecule has 5 nitrogen and oxygen atoms in total. The van der Waals surface area contributed by atoms with Gasteiger partial charge in [0, 0.05) is 12.0 Å². The normalized spacial score (nSPS) is 11.7. The monoisotopic (exact) mass is 438 g/mol. The molecule has 0 bridgehead atoms. The molecule has 0 saturated carbocycles. The molecule has 0 spiro atoms. The quantitative estimate of drug-likeness (QED) is 0.710. The lowest BCUT2D eigenvalue weighted by Gasteiger charge is -2.26. The zero-order valence-electron chi connectivity index (χ0n) is 15.5. The maximum absolute atomic E-state index is 12.3. The van der Waals surface area contributed by atoms with Crippen LogP contribution in [0.25, 0.3) is 0 Å². The van der Waals surface area contributed by atoms with Crippen molar-refractivity contribution in [2.24, 2.45) is 0 Å². The van der Waals surface area contributed by atoms with E-state index in [1.807, 2.05) is 26.0 Å². The summed E-state index contributed by atoms with van der Waals surface area (Å²) in [6, 6.07) is 13.4. The number of halogens is 2. The summed E-state index contributed by atoms with van der Waals surface area (Å²) in [5, 5.41) is 12.3. The van der Waals surface area contributed by atoms with Gasteiger partial charge in [-0.2, -0.15) is 5.26 Å². The Kier molecular flexibility index (Phi) is 7.11. The summed E-state index contributed by atoms with van der Waals surface area (Å²) in [7, 11) is -3.63. The van der Waals surface area contributed by atoms with Crippen molar-refractivity contribution >= 4 is 38.9 Å². The zero-order valence-corrected chi connectivity index (χ0v) is 17.8. The van der Waals surface area contributed by atoms with Gasteiger partial charge in [-0.25, -0.2) is 8.42 Å². The highest BCUT2D eigenvalue weighted by molar-refractivity contribution is 7.91. The number of carbonyl (C=O) groups excluding carboxylic acids is 1. The van der Waals surface area contributed by atoms with Crippen molar-refractivity contribution in [2.45, 2.75) is 25.0 Å². The Bertz CT molecular complexity index is 1010. The molecule has 0 unspecified atom stereocenters. The minimum Gasteiger partial charge on any atom is -0.354 e. The molecule has 148 valence electrons. The lowest BCUT2D eigenvalue weighted by molar-refractivity contribution is -0.118. The number of rotatable bonds is 7. The van der Waals surface area contributed by atoms with E-state index in [1.54, 1.807) is 36.4 Å². The predicted molar refractivity (Wildman–Crippen MR) is 111 cm³/mol. The Morgan fingerprint density at radius 1 is 1.11 bits per heavy atom. The van der Waals surface area contributed by atoms with E-state index >= 15 is 0 Å². The molecular weight excluding hydrogens is 419 g/mol. The summed E-state index contributed by atoms with van der Waals surface area (Å²) < 4.78 is 24.6. The molecule has 8 heteroatoms. The van der Waals surface area contributed by atoms with Crippen molar-refractivity contribution in [1.29, 1.82) is 5.26 Å². The molecule has 0 atom stereocenters. The summed E-state index contributed by atoms with van der Waals surface area (Å²) in [5.41, 5.74) is 1.40. The van der Waals surface area contributed by atoms with Crippen LogP contribution in [0.5, 0.6) is 0 Å². The third-order valence-electron chi connectivity index (χ3n) is 4.25. The van der Waals surface area contributed by atoms with E-state index in [0.29, 0.717) is 21.2 Å². The van der Waals surface area contributed by atoms with Crippen LogP contribution in [0.1, 0.15) is 30.5 Å². The number of benzene rings is 2. The van der Waals surface area contributed by atoms with Crippen molar-refractivity contribution in [2.75, 3.05) is 12.3 Å². The van der Waals surface area contributed by atoms with Crippen LogP contribution in [0, 0.1) is 11.3 Å². The van der Waals surface area contributed by atoms with E-state index in [1.165, 1.54) is 0 Å². The minimum atomic E-state index is -3.63. The van der Waals surface area contributed by atoms with Gasteiger partial charge in [0.1, 0.15) is 5.75 Å². The average Bonchev–Trinajstić information content (AvgIpc) is 2.62. The van der Waals surface area contributed by atoms with E-state index in [-0.39, 0.29) is 12.3 Å². The van der Waals surface area contributed by atoms with E-state index in [9.17, 15) is 13.2 Å². The van der Waals surface area contributed by atoms with Crippen LogP contribution < -0.4 is 5.32 Å². The summed E-state index contributed by atoms with van der Waals surface area (Å²) >= 11 is 12.0. The molecule has 1 N–H and O–H groups in total. The van der Waals surface area contributed by atoms with Crippen molar-refractivity contribution in [1.82, 2.24) is 5.32 Å². The van der Waals surface area contributed by atoms with Gasteiger partial charge in [-0.1, -0.05) is 55.2 Å². The van der Waals surface area contributed by atoms with Crippen molar-refractivity contribution < 1.29 is 13.2 Å². The third-order valence-corrected chi connectivity index (χ3v) is 6.46. The summed E-state index contributed by atoms with van der Waals surface area (Å²) in [6.45, 7) is 4.08. The maximum atomic E-state index is 12.3. The molecule has 0 aliphatic carbocycles. The Labute approximate surface area is 175 Å². The van der Waals surface area contributed by atoms with Gasteiger partial charge in [0.15, 0.2) is 9.84 Å². The number of nitrogens with one attached hydrogen (secondary N) is 1. The second-order valence-electron chi connectivity index (χ2n) is 7.13. The molecule has 2 aromatic rings. The molecule has 1 amide bonds. The Hall–Kier alpha value is -2.07. The first-order valence-corrected chi connectivity index (χ1v) is 11.0. The molecule has 0 fully saturated rings. The largest absolute Gasteiger partial charge is 0.354 e. The number of hydrogen-bond donors (Lipinski definition) is 1. The Balaban J connectivity index is 1.96. The number of nitriles is 1. The van der Waals surface area contributed by atoms with Gasteiger partial charge in [0.2, 0.25) is 5.91 Å². The average molecular weight is 439 g/mol. The lowest BCUT2D eigenvalue weighted by atomic mass is 9.84. The van der Waals surface area contributed by atoms with Gasteiger partial charge in [-0.15, -0.1) is 0 Å². The molecule has 0 heterocycles.